The summed E-state index contributed by atoms with van der Waals surface area (Å²) in [5, 5.41) is 8.68. The lowest BCUT2D eigenvalue weighted by Crippen LogP contribution is -2.24. The molecule has 0 saturated carbocycles. The first-order valence-corrected chi connectivity index (χ1v) is 15.2. The predicted molar refractivity (Wildman–Crippen MR) is 136 cm³/mol. The van der Waals surface area contributed by atoms with Crippen LogP contribution in [-0.4, -0.2) is 41.3 Å². The molecule has 0 aromatic rings. The van der Waals surface area contributed by atoms with Gasteiger partial charge in [0.25, 0.3) is 0 Å². The van der Waals surface area contributed by atoms with Crippen LogP contribution in [-0.2, 0) is 18.7 Å². The van der Waals surface area contributed by atoms with Gasteiger partial charge in [-0.15, -0.1) is 0 Å². The molecule has 0 saturated heterocycles. The predicted octanol–water partition coefficient (Wildman–Crippen LogP) is 8.49. The summed E-state index contributed by atoms with van der Waals surface area (Å²) in [6, 6.07) is 0. The maximum Gasteiger partial charge on any atom is 0.421 e. The quantitative estimate of drug-likeness (QED) is 0.0621. The van der Waals surface area contributed by atoms with Crippen LogP contribution in [0.25, 0.3) is 0 Å². The van der Waals surface area contributed by atoms with E-state index in [2.05, 4.69) is 25.7 Å². The summed E-state index contributed by atoms with van der Waals surface area (Å²) in [6.45, 7) is 7.28. The van der Waals surface area contributed by atoms with Crippen LogP contribution in [0.5, 0.6) is 0 Å². The molecule has 0 amide bonds. The van der Waals surface area contributed by atoms with Crippen molar-refractivity contribution in [2.24, 2.45) is 0 Å². The van der Waals surface area contributed by atoms with Crippen molar-refractivity contribution in [3.05, 3.63) is 0 Å². The summed E-state index contributed by atoms with van der Waals surface area (Å²) in [7, 11) is -3.00. The number of thioether (sulfide) groups is 1. The van der Waals surface area contributed by atoms with Crippen LogP contribution in [0.3, 0.4) is 0 Å². The second-order valence-corrected chi connectivity index (χ2v) is 11.2. The Balaban J connectivity index is 4.04. The molecule has 0 fully saturated rings. The molecule has 6 nitrogen and oxygen atoms in total. The largest absolute Gasteiger partial charge is 0.421 e. The minimum absolute atomic E-state index is 0.145. The van der Waals surface area contributed by atoms with Crippen molar-refractivity contribution in [3.63, 3.8) is 0 Å². The van der Waals surface area contributed by atoms with Crippen molar-refractivity contribution in [2.45, 2.75) is 128 Å². The van der Waals surface area contributed by atoms with Gasteiger partial charge in [-0.2, -0.15) is 17.0 Å². The van der Waals surface area contributed by atoms with Gasteiger partial charge < -0.3 is 9.26 Å². The SMILES string of the molecule is CCCCCCCCCCCSC(CCCCCC)C(C)OCCCO[PH](=O)C(=O)OO. The van der Waals surface area contributed by atoms with E-state index < -0.39 is 13.7 Å². The number of rotatable bonds is 24. The van der Waals surface area contributed by atoms with E-state index >= 15 is 0 Å². The topological polar surface area (TPSA) is 82.1 Å². The number of unbranched alkanes of at least 4 members (excludes halogenated alkanes) is 11. The average Bonchev–Trinajstić information content (AvgIpc) is 2.80. The van der Waals surface area contributed by atoms with Crippen molar-refractivity contribution in [2.75, 3.05) is 19.0 Å². The fraction of sp³-hybridized carbons (Fsp3) is 0.958. The molecule has 0 heterocycles. The monoisotopic (exact) mass is 496 g/mol. The Morgan fingerprint density at radius 2 is 1.41 bits per heavy atom. The van der Waals surface area contributed by atoms with Gasteiger partial charge in [0.2, 0.25) is 0 Å². The summed E-state index contributed by atoms with van der Waals surface area (Å²) in [5.74, 6) is 1.19. The van der Waals surface area contributed by atoms with E-state index in [0.717, 1.165) is 0 Å². The van der Waals surface area contributed by atoms with Gasteiger partial charge in [-0.1, -0.05) is 90.9 Å². The van der Waals surface area contributed by atoms with Crippen LogP contribution in [0, 0.1) is 0 Å². The average molecular weight is 497 g/mol. The van der Waals surface area contributed by atoms with Gasteiger partial charge in [0.15, 0.2) is 0 Å². The first-order valence-electron chi connectivity index (χ1n) is 12.8. The third-order valence-electron chi connectivity index (χ3n) is 5.60. The highest BCUT2D eigenvalue weighted by Crippen LogP contribution is 2.26. The Kier molecular flexibility index (Phi) is 24.0. The number of carbonyl (C=O) groups is 1. The number of hydrogen-bond donors (Lipinski definition) is 1. The summed E-state index contributed by atoms with van der Waals surface area (Å²) in [4.78, 5) is 14.3. The lowest BCUT2D eigenvalue weighted by atomic mass is 10.1. The number of ether oxygens (including phenoxy) is 1. The Labute approximate surface area is 201 Å². The first-order chi connectivity index (χ1) is 15.6. The molecular weight excluding hydrogens is 447 g/mol. The summed E-state index contributed by atoms with van der Waals surface area (Å²) in [6.07, 6.45) is 19.1. The lowest BCUT2D eigenvalue weighted by molar-refractivity contribution is -0.168. The van der Waals surface area contributed by atoms with Gasteiger partial charge in [0.05, 0.1) is 12.7 Å². The molecule has 0 rings (SSSR count). The van der Waals surface area contributed by atoms with E-state index in [1.54, 1.807) is 0 Å². The standard InChI is InChI=1S/C24H49O6PS/c1-4-6-8-10-11-12-13-14-16-21-32-23(18-15-9-7-5-2)22(3)28-19-17-20-29-31(27)24(25)30-26/h22-23,26,31H,4-21H2,1-3H3. The lowest BCUT2D eigenvalue weighted by Gasteiger charge is -2.24. The van der Waals surface area contributed by atoms with Gasteiger partial charge >= 0.3 is 13.7 Å². The van der Waals surface area contributed by atoms with Gasteiger partial charge in [0.1, 0.15) is 0 Å². The molecule has 0 spiro atoms. The summed E-state index contributed by atoms with van der Waals surface area (Å²) >= 11 is 2.05. The molecule has 1 N–H and O–H groups in total. The molecule has 0 radical (unpaired) electrons. The van der Waals surface area contributed by atoms with Gasteiger partial charge in [-0.05, 0) is 31.9 Å². The molecule has 0 aromatic carbocycles. The molecule has 3 atom stereocenters. The molecule has 0 aromatic heterocycles. The zero-order valence-corrected chi connectivity index (χ0v) is 22.6. The Morgan fingerprint density at radius 1 is 0.844 bits per heavy atom. The summed E-state index contributed by atoms with van der Waals surface area (Å²) in [5.41, 5.74) is -1.22. The Morgan fingerprint density at radius 3 is 2.00 bits per heavy atom. The van der Waals surface area contributed by atoms with Crippen LogP contribution < -0.4 is 0 Å². The Bertz CT molecular complexity index is 452. The molecule has 0 aliphatic rings. The molecule has 192 valence electrons. The second-order valence-electron chi connectivity index (χ2n) is 8.53. The zero-order valence-electron chi connectivity index (χ0n) is 20.8. The van der Waals surface area contributed by atoms with Crippen molar-refractivity contribution < 1.29 is 28.8 Å². The molecular formula is C24H49O6PS. The zero-order chi connectivity index (χ0) is 23.9. The van der Waals surface area contributed by atoms with E-state index in [4.69, 9.17) is 14.5 Å². The third kappa shape index (κ3) is 19.4. The van der Waals surface area contributed by atoms with Crippen molar-refractivity contribution >= 4 is 25.5 Å². The fourth-order valence-electron chi connectivity index (χ4n) is 3.57. The molecule has 8 heteroatoms. The van der Waals surface area contributed by atoms with Gasteiger partial charge in [-0.25, -0.2) is 4.79 Å². The highest BCUT2D eigenvalue weighted by molar-refractivity contribution is 7.99. The van der Waals surface area contributed by atoms with E-state index in [9.17, 15) is 9.36 Å². The van der Waals surface area contributed by atoms with Crippen molar-refractivity contribution in [1.82, 2.24) is 0 Å². The first kappa shape index (κ1) is 31.9. The molecule has 0 bridgehead atoms. The second kappa shape index (κ2) is 24.1. The van der Waals surface area contributed by atoms with Crippen LogP contribution in [0.2, 0.25) is 0 Å². The maximum absolute atomic E-state index is 11.3. The maximum atomic E-state index is 11.3. The van der Waals surface area contributed by atoms with E-state index in [1.165, 1.54) is 95.6 Å². The fourth-order valence-corrected chi connectivity index (χ4v) is 5.45. The Hall–Kier alpha value is -0.0700. The minimum Gasteiger partial charge on any atom is -0.377 e. The third-order valence-corrected chi connectivity index (χ3v) is 8.06. The van der Waals surface area contributed by atoms with Crippen LogP contribution in [0.15, 0.2) is 0 Å². The molecule has 0 aliphatic heterocycles. The number of hydrogen-bond acceptors (Lipinski definition) is 7. The van der Waals surface area contributed by atoms with E-state index in [1.807, 2.05) is 11.8 Å². The highest BCUT2D eigenvalue weighted by atomic mass is 32.2. The minimum atomic E-state index is -3.00. The van der Waals surface area contributed by atoms with Crippen molar-refractivity contribution in [3.8, 4) is 0 Å². The van der Waals surface area contributed by atoms with E-state index in [-0.39, 0.29) is 12.7 Å². The van der Waals surface area contributed by atoms with Crippen LogP contribution in [0.1, 0.15) is 117 Å². The van der Waals surface area contributed by atoms with Crippen LogP contribution >= 0.6 is 19.8 Å². The molecule has 0 aliphatic carbocycles. The van der Waals surface area contributed by atoms with Gasteiger partial charge in [0, 0.05) is 11.9 Å². The van der Waals surface area contributed by atoms with Gasteiger partial charge in [-0.3, -0.25) is 9.45 Å². The molecule has 3 unspecified atom stereocenters. The summed E-state index contributed by atoms with van der Waals surface area (Å²) < 4.78 is 22.2. The highest BCUT2D eigenvalue weighted by Gasteiger charge is 2.18. The normalized spacial score (nSPS) is 14.2. The van der Waals surface area contributed by atoms with E-state index in [0.29, 0.717) is 18.3 Å². The smallest absolute Gasteiger partial charge is 0.377 e. The van der Waals surface area contributed by atoms with Crippen LogP contribution in [0.4, 0.5) is 4.79 Å². The van der Waals surface area contributed by atoms with Crippen molar-refractivity contribution in [1.29, 1.82) is 0 Å². The molecule has 32 heavy (non-hydrogen) atoms. The number of carbonyl (C=O) groups excluding carboxylic acids is 1.